The molecule has 2 N–H and O–H groups in total. The van der Waals surface area contributed by atoms with Gasteiger partial charge >= 0.3 is 0 Å². The first-order valence-electron chi connectivity index (χ1n) is 11.6. The number of nitrogens with one attached hydrogen (secondary N) is 2. The Morgan fingerprint density at radius 2 is 1.77 bits per heavy atom. The summed E-state index contributed by atoms with van der Waals surface area (Å²) in [7, 11) is 2.17. The summed E-state index contributed by atoms with van der Waals surface area (Å²) in [5.74, 6) is -0.0408. The van der Waals surface area contributed by atoms with Crippen LogP contribution in [0.5, 0.6) is 0 Å². The number of carbonyl (C=O) groups excluding carboxylic acids is 1. The van der Waals surface area contributed by atoms with E-state index in [0.717, 1.165) is 61.4 Å². The van der Waals surface area contributed by atoms with Gasteiger partial charge in [0.05, 0.1) is 0 Å². The second kappa shape index (κ2) is 8.39. The van der Waals surface area contributed by atoms with Gasteiger partial charge in [0.25, 0.3) is 5.91 Å². The maximum Gasteiger partial charge on any atom is 0.255 e. The third-order valence-corrected chi connectivity index (χ3v) is 6.94. The highest BCUT2D eigenvalue weighted by Gasteiger charge is 2.18. The maximum absolute atomic E-state index is 13.1. The molecule has 1 aliphatic heterocycles. The molecule has 2 aliphatic rings. The predicted octanol–water partition coefficient (Wildman–Crippen LogP) is 4.75. The van der Waals surface area contributed by atoms with Gasteiger partial charge in [-0.05, 0) is 87.2 Å². The number of aryl methyl sites for hydroxylation is 3. The maximum atomic E-state index is 13.1. The molecular formula is C26H32N4O. The molecule has 5 heteroatoms. The van der Waals surface area contributed by atoms with Gasteiger partial charge in [-0.25, -0.2) is 0 Å². The molecule has 1 aromatic heterocycles. The number of nitrogens with zero attached hydrogens (tertiary/aromatic N) is 2. The van der Waals surface area contributed by atoms with Crippen molar-refractivity contribution < 1.29 is 4.79 Å². The summed E-state index contributed by atoms with van der Waals surface area (Å²) in [5.41, 5.74) is 7.87. The molecule has 2 aromatic carbocycles. The number of hydrogen-bond donors (Lipinski definition) is 2. The minimum absolute atomic E-state index is 0.0408. The van der Waals surface area contributed by atoms with Crippen molar-refractivity contribution in [1.29, 1.82) is 0 Å². The van der Waals surface area contributed by atoms with E-state index in [1.807, 2.05) is 12.1 Å². The van der Waals surface area contributed by atoms with Crippen molar-refractivity contribution in [3.05, 3.63) is 58.8 Å². The van der Waals surface area contributed by atoms with Crippen LogP contribution >= 0.6 is 0 Å². The van der Waals surface area contributed by atoms with Gasteiger partial charge < -0.3 is 20.1 Å². The number of hydrogen-bond acceptors (Lipinski definition) is 3. The lowest BCUT2D eigenvalue weighted by Crippen LogP contribution is -2.44. The number of aromatic amines is 1. The van der Waals surface area contributed by atoms with Gasteiger partial charge in [0.2, 0.25) is 0 Å². The van der Waals surface area contributed by atoms with Crippen molar-refractivity contribution in [2.45, 2.75) is 39.0 Å². The van der Waals surface area contributed by atoms with Gasteiger partial charge in [-0.3, -0.25) is 4.79 Å². The van der Waals surface area contributed by atoms with Crippen LogP contribution < -0.4 is 10.2 Å². The summed E-state index contributed by atoms with van der Waals surface area (Å²) >= 11 is 0. The molecule has 3 aromatic rings. The summed E-state index contributed by atoms with van der Waals surface area (Å²) < 4.78 is 0. The lowest BCUT2D eigenvalue weighted by Gasteiger charge is -2.34. The van der Waals surface area contributed by atoms with Crippen molar-refractivity contribution in [2.75, 3.05) is 43.4 Å². The second-order valence-corrected chi connectivity index (χ2v) is 9.15. The highest BCUT2D eigenvalue weighted by molar-refractivity contribution is 6.07. The SMILES string of the molecule is Cc1cc(N2CCN(C)CC2)ccc1NC(=O)c1ccc2[nH]c3c(c2c1)CCCCC3. The molecule has 1 amide bonds. The molecule has 2 heterocycles. The summed E-state index contributed by atoms with van der Waals surface area (Å²) in [4.78, 5) is 21.4. The Hall–Kier alpha value is -2.79. The highest BCUT2D eigenvalue weighted by Crippen LogP contribution is 2.30. The number of carbonyl (C=O) groups is 1. The van der Waals surface area contributed by atoms with E-state index in [9.17, 15) is 4.79 Å². The molecule has 0 spiro atoms. The summed E-state index contributed by atoms with van der Waals surface area (Å²) in [6.07, 6.45) is 5.98. The molecule has 5 rings (SSSR count). The normalized spacial score (nSPS) is 17.4. The molecule has 162 valence electrons. The Kier molecular flexibility index (Phi) is 5.45. The van der Waals surface area contributed by atoms with Crippen molar-refractivity contribution >= 4 is 28.2 Å². The molecule has 0 bridgehead atoms. The molecule has 1 fully saturated rings. The van der Waals surface area contributed by atoms with E-state index in [-0.39, 0.29) is 5.91 Å². The Morgan fingerprint density at radius 3 is 2.58 bits per heavy atom. The molecule has 0 atom stereocenters. The van der Waals surface area contributed by atoms with Crippen LogP contribution in [0, 0.1) is 6.92 Å². The summed E-state index contributed by atoms with van der Waals surface area (Å²) in [5, 5.41) is 4.35. The molecule has 31 heavy (non-hydrogen) atoms. The van der Waals surface area contributed by atoms with Crippen LogP contribution in [-0.2, 0) is 12.8 Å². The number of aromatic nitrogens is 1. The van der Waals surface area contributed by atoms with Crippen molar-refractivity contribution in [3.63, 3.8) is 0 Å². The van der Waals surface area contributed by atoms with Crippen molar-refractivity contribution in [1.82, 2.24) is 9.88 Å². The minimum atomic E-state index is -0.0408. The lowest BCUT2D eigenvalue weighted by molar-refractivity contribution is 0.102. The largest absolute Gasteiger partial charge is 0.369 e. The average Bonchev–Trinajstić information content (AvgIpc) is 2.95. The van der Waals surface area contributed by atoms with E-state index in [2.05, 4.69) is 58.3 Å². The zero-order valence-electron chi connectivity index (χ0n) is 18.6. The molecule has 0 unspecified atom stereocenters. The van der Waals surface area contributed by atoms with E-state index in [1.165, 1.54) is 41.6 Å². The van der Waals surface area contributed by atoms with Gasteiger partial charge in [0, 0.05) is 59.7 Å². The molecule has 1 aliphatic carbocycles. The number of piperazine rings is 1. The summed E-state index contributed by atoms with van der Waals surface area (Å²) in [6, 6.07) is 12.4. The number of H-pyrrole nitrogens is 1. The van der Waals surface area contributed by atoms with E-state index < -0.39 is 0 Å². The Balaban J connectivity index is 1.35. The second-order valence-electron chi connectivity index (χ2n) is 9.15. The third kappa shape index (κ3) is 4.07. The number of amides is 1. The van der Waals surface area contributed by atoms with Crippen LogP contribution in [0.3, 0.4) is 0 Å². The molecule has 1 saturated heterocycles. The van der Waals surface area contributed by atoms with Gasteiger partial charge in [0.1, 0.15) is 0 Å². The van der Waals surface area contributed by atoms with E-state index in [1.54, 1.807) is 0 Å². The standard InChI is InChI=1S/C26H32N4O/c1-18-16-20(30-14-12-29(2)13-15-30)9-11-23(18)28-26(31)19-8-10-25-22(17-19)21-6-4-3-5-7-24(21)27-25/h8-11,16-17,27H,3-7,12-15H2,1-2H3,(H,28,31). The Labute approximate surface area is 184 Å². The van der Waals surface area contributed by atoms with E-state index >= 15 is 0 Å². The highest BCUT2D eigenvalue weighted by atomic mass is 16.1. The molecule has 5 nitrogen and oxygen atoms in total. The predicted molar refractivity (Wildman–Crippen MR) is 128 cm³/mol. The number of rotatable bonds is 3. The molecule has 0 radical (unpaired) electrons. The molecular weight excluding hydrogens is 384 g/mol. The third-order valence-electron chi connectivity index (χ3n) is 6.94. The Morgan fingerprint density at radius 1 is 0.968 bits per heavy atom. The number of fused-ring (bicyclic) bond motifs is 3. The van der Waals surface area contributed by atoms with Gasteiger partial charge in [-0.15, -0.1) is 0 Å². The van der Waals surface area contributed by atoms with Crippen molar-refractivity contribution in [2.24, 2.45) is 0 Å². The van der Waals surface area contributed by atoms with Gasteiger partial charge in [0.15, 0.2) is 0 Å². The first-order chi connectivity index (χ1) is 15.1. The zero-order valence-corrected chi connectivity index (χ0v) is 18.6. The number of benzene rings is 2. The monoisotopic (exact) mass is 416 g/mol. The number of anilines is 2. The van der Waals surface area contributed by atoms with E-state index in [4.69, 9.17) is 0 Å². The van der Waals surface area contributed by atoms with Crippen LogP contribution in [0.1, 0.15) is 46.4 Å². The lowest BCUT2D eigenvalue weighted by atomic mass is 10.0. The minimum Gasteiger partial charge on any atom is -0.369 e. The number of likely N-dealkylation sites (N-methyl/N-ethyl adjacent to an activating group) is 1. The molecule has 0 saturated carbocycles. The smallest absolute Gasteiger partial charge is 0.255 e. The topological polar surface area (TPSA) is 51.4 Å². The average molecular weight is 417 g/mol. The fourth-order valence-corrected chi connectivity index (χ4v) is 4.97. The van der Waals surface area contributed by atoms with Crippen LogP contribution in [-0.4, -0.2) is 49.0 Å². The zero-order chi connectivity index (χ0) is 21.4. The van der Waals surface area contributed by atoms with Crippen LogP contribution in [0.15, 0.2) is 36.4 Å². The Bertz CT molecular complexity index is 1110. The quantitative estimate of drug-likeness (QED) is 0.606. The van der Waals surface area contributed by atoms with Gasteiger partial charge in [-0.2, -0.15) is 0 Å². The van der Waals surface area contributed by atoms with Crippen LogP contribution in [0.4, 0.5) is 11.4 Å². The fraction of sp³-hybridized carbons (Fsp3) is 0.423. The fourth-order valence-electron chi connectivity index (χ4n) is 4.97. The van der Waals surface area contributed by atoms with Gasteiger partial charge in [-0.1, -0.05) is 6.42 Å². The van der Waals surface area contributed by atoms with Crippen molar-refractivity contribution in [3.8, 4) is 0 Å². The van der Waals surface area contributed by atoms with Crippen LogP contribution in [0.2, 0.25) is 0 Å². The van der Waals surface area contributed by atoms with Crippen LogP contribution in [0.25, 0.3) is 10.9 Å². The van der Waals surface area contributed by atoms with E-state index in [0.29, 0.717) is 0 Å². The summed E-state index contributed by atoms with van der Waals surface area (Å²) in [6.45, 7) is 6.33. The first-order valence-corrected chi connectivity index (χ1v) is 11.6. The first kappa shape index (κ1) is 20.1.